The van der Waals surface area contributed by atoms with Crippen LogP contribution in [0.4, 0.5) is 5.69 Å². The van der Waals surface area contributed by atoms with Gasteiger partial charge in [-0.1, -0.05) is 13.0 Å². The fraction of sp³-hybridized carbons (Fsp3) is 0.364. The van der Waals surface area contributed by atoms with Crippen molar-refractivity contribution in [3.8, 4) is 11.8 Å². The molecule has 0 aliphatic rings. The van der Waals surface area contributed by atoms with Gasteiger partial charge >= 0.3 is 0 Å². The van der Waals surface area contributed by atoms with Crippen LogP contribution in [0.3, 0.4) is 0 Å². The summed E-state index contributed by atoms with van der Waals surface area (Å²) in [7, 11) is 0. The third kappa shape index (κ3) is 2.40. The van der Waals surface area contributed by atoms with Crippen molar-refractivity contribution in [1.82, 2.24) is 0 Å². The smallest absolute Gasteiger partial charge is 0.184 e. The second-order valence-corrected chi connectivity index (χ2v) is 3.16. The zero-order chi connectivity index (χ0) is 10.6. The molecule has 2 N–H and O–H groups in total. The molecular weight excluding hydrogens is 176 g/mol. The molecule has 1 rings (SSSR count). The average Bonchev–Trinajstić information content (AvgIpc) is 2.19. The predicted octanol–water partition coefficient (Wildman–Crippen LogP) is 2.26. The van der Waals surface area contributed by atoms with Crippen LogP contribution in [0.1, 0.15) is 18.9 Å². The topological polar surface area (TPSA) is 59.0 Å². The molecular formula is C11H14N2O. The molecule has 0 saturated heterocycles. The van der Waals surface area contributed by atoms with Crippen LogP contribution in [0.2, 0.25) is 0 Å². The Bertz CT molecular complexity index is 355. The lowest BCUT2D eigenvalue weighted by molar-refractivity contribution is 0.252. The number of hydrogen-bond acceptors (Lipinski definition) is 3. The van der Waals surface area contributed by atoms with Gasteiger partial charge in [0.05, 0.1) is 0 Å². The SMILES string of the molecule is CCC(C#N)Oc1ccc(C)c(N)c1. The number of rotatable bonds is 3. The van der Waals surface area contributed by atoms with Crippen LogP contribution < -0.4 is 10.5 Å². The van der Waals surface area contributed by atoms with Crippen LogP contribution in [0.15, 0.2) is 18.2 Å². The molecule has 0 saturated carbocycles. The van der Waals surface area contributed by atoms with E-state index in [2.05, 4.69) is 6.07 Å². The lowest BCUT2D eigenvalue weighted by atomic mass is 10.2. The minimum atomic E-state index is -0.392. The van der Waals surface area contributed by atoms with Crippen LogP contribution in [-0.2, 0) is 0 Å². The Kier molecular flexibility index (Phi) is 3.35. The normalized spacial score (nSPS) is 11.8. The predicted molar refractivity (Wildman–Crippen MR) is 55.9 cm³/mol. The molecule has 0 aliphatic carbocycles. The first-order chi connectivity index (χ1) is 6.67. The molecule has 1 aromatic rings. The molecule has 1 atom stereocenters. The van der Waals surface area contributed by atoms with E-state index < -0.39 is 6.10 Å². The van der Waals surface area contributed by atoms with E-state index in [1.807, 2.05) is 26.0 Å². The maximum absolute atomic E-state index is 8.70. The van der Waals surface area contributed by atoms with Crippen LogP contribution in [0.5, 0.6) is 5.75 Å². The van der Waals surface area contributed by atoms with Gasteiger partial charge in [-0.05, 0) is 25.0 Å². The second kappa shape index (κ2) is 4.52. The molecule has 3 nitrogen and oxygen atoms in total. The van der Waals surface area contributed by atoms with Gasteiger partial charge in [-0.15, -0.1) is 0 Å². The van der Waals surface area contributed by atoms with Crippen molar-refractivity contribution in [2.75, 3.05) is 5.73 Å². The van der Waals surface area contributed by atoms with Crippen LogP contribution in [0.25, 0.3) is 0 Å². The Morgan fingerprint density at radius 1 is 1.57 bits per heavy atom. The summed E-state index contributed by atoms with van der Waals surface area (Å²) in [4.78, 5) is 0. The zero-order valence-corrected chi connectivity index (χ0v) is 8.45. The molecule has 0 radical (unpaired) electrons. The minimum absolute atomic E-state index is 0.392. The Morgan fingerprint density at radius 2 is 2.29 bits per heavy atom. The molecule has 1 unspecified atom stereocenters. The second-order valence-electron chi connectivity index (χ2n) is 3.16. The van der Waals surface area contributed by atoms with Crippen molar-refractivity contribution in [1.29, 1.82) is 5.26 Å². The molecule has 1 aromatic carbocycles. The van der Waals surface area contributed by atoms with E-state index in [1.54, 1.807) is 6.07 Å². The first kappa shape index (κ1) is 10.4. The molecule has 0 bridgehead atoms. The summed E-state index contributed by atoms with van der Waals surface area (Å²) < 4.78 is 5.41. The van der Waals surface area contributed by atoms with Gasteiger partial charge in [0.25, 0.3) is 0 Å². The lowest BCUT2D eigenvalue weighted by Gasteiger charge is -2.11. The summed E-state index contributed by atoms with van der Waals surface area (Å²) in [6, 6.07) is 7.53. The highest BCUT2D eigenvalue weighted by Gasteiger charge is 2.06. The molecule has 0 heterocycles. The maximum Gasteiger partial charge on any atom is 0.184 e. The molecule has 0 amide bonds. The third-order valence-corrected chi connectivity index (χ3v) is 2.04. The largest absolute Gasteiger partial charge is 0.476 e. The molecule has 3 heteroatoms. The van der Waals surface area contributed by atoms with Crippen molar-refractivity contribution in [3.05, 3.63) is 23.8 Å². The number of nitrogen functional groups attached to an aromatic ring is 1. The van der Waals surface area contributed by atoms with E-state index in [9.17, 15) is 0 Å². The van der Waals surface area contributed by atoms with Gasteiger partial charge < -0.3 is 10.5 Å². The molecule has 0 aliphatic heterocycles. The Labute approximate surface area is 84.1 Å². The number of benzene rings is 1. The Balaban J connectivity index is 2.78. The van der Waals surface area contributed by atoms with E-state index >= 15 is 0 Å². The van der Waals surface area contributed by atoms with E-state index in [1.165, 1.54) is 0 Å². The summed E-state index contributed by atoms with van der Waals surface area (Å²) in [5.41, 5.74) is 7.42. The first-order valence-electron chi connectivity index (χ1n) is 4.59. The zero-order valence-electron chi connectivity index (χ0n) is 8.45. The van der Waals surface area contributed by atoms with Crippen LogP contribution >= 0.6 is 0 Å². The fourth-order valence-corrected chi connectivity index (χ4v) is 1.06. The molecule has 14 heavy (non-hydrogen) atoms. The van der Waals surface area contributed by atoms with Crippen molar-refractivity contribution in [2.45, 2.75) is 26.4 Å². The van der Waals surface area contributed by atoms with E-state index in [0.29, 0.717) is 17.9 Å². The number of nitrogens with zero attached hydrogens (tertiary/aromatic N) is 1. The summed E-state index contributed by atoms with van der Waals surface area (Å²) in [6.07, 6.45) is 0.279. The van der Waals surface area contributed by atoms with Crippen molar-refractivity contribution in [2.24, 2.45) is 0 Å². The van der Waals surface area contributed by atoms with E-state index in [0.717, 1.165) is 5.56 Å². The molecule has 0 fully saturated rings. The van der Waals surface area contributed by atoms with Crippen molar-refractivity contribution < 1.29 is 4.74 Å². The summed E-state index contributed by atoms with van der Waals surface area (Å²) >= 11 is 0. The number of anilines is 1. The lowest BCUT2D eigenvalue weighted by Crippen LogP contribution is -2.12. The molecule has 74 valence electrons. The number of hydrogen-bond donors (Lipinski definition) is 1. The number of nitrogens with two attached hydrogens (primary N) is 1. The van der Waals surface area contributed by atoms with Gasteiger partial charge in [0.2, 0.25) is 0 Å². The van der Waals surface area contributed by atoms with Crippen LogP contribution in [-0.4, -0.2) is 6.10 Å². The summed E-state index contributed by atoms with van der Waals surface area (Å²) in [5, 5.41) is 8.70. The van der Waals surface area contributed by atoms with E-state index in [4.69, 9.17) is 15.7 Å². The van der Waals surface area contributed by atoms with Gasteiger partial charge in [0.15, 0.2) is 6.10 Å². The number of aryl methyl sites for hydroxylation is 1. The van der Waals surface area contributed by atoms with Gasteiger partial charge in [0.1, 0.15) is 11.8 Å². The highest BCUT2D eigenvalue weighted by Crippen LogP contribution is 2.20. The first-order valence-corrected chi connectivity index (χ1v) is 4.59. The van der Waals surface area contributed by atoms with Gasteiger partial charge in [-0.25, -0.2) is 0 Å². The maximum atomic E-state index is 8.70. The Morgan fingerprint density at radius 3 is 2.79 bits per heavy atom. The van der Waals surface area contributed by atoms with Gasteiger partial charge in [-0.2, -0.15) is 5.26 Å². The summed E-state index contributed by atoms with van der Waals surface area (Å²) in [6.45, 7) is 3.84. The van der Waals surface area contributed by atoms with Crippen LogP contribution in [0, 0.1) is 18.3 Å². The number of ether oxygens (including phenoxy) is 1. The average molecular weight is 190 g/mol. The third-order valence-electron chi connectivity index (χ3n) is 2.04. The molecule has 0 spiro atoms. The minimum Gasteiger partial charge on any atom is -0.476 e. The summed E-state index contributed by atoms with van der Waals surface area (Å²) in [5.74, 6) is 0.654. The van der Waals surface area contributed by atoms with Gasteiger partial charge in [0, 0.05) is 11.8 Å². The number of nitriles is 1. The highest BCUT2D eigenvalue weighted by atomic mass is 16.5. The molecule has 0 aromatic heterocycles. The standard InChI is InChI=1S/C11H14N2O/c1-3-9(7-12)14-10-5-4-8(2)11(13)6-10/h4-6,9H,3,13H2,1-2H3. The van der Waals surface area contributed by atoms with Crippen molar-refractivity contribution in [3.63, 3.8) is 0 Å². The fourth-order valence-electron chi connectivity index (χ4n) is 1.06. The monoisotopic (exact) mass is 190 g/mol. The van der Waals surface area contributed by atoms with Gasteiger partial charge in [-0.3, -0.25) is 0 Å². The quantitative estimate of drug-likeness (QED) is 0.744. The van der Waals surface area contributed by atoms with Crippen molar-refractivity contribution >= 4 is 5.69 Å². The van der Waals surface area contributed by atoms with E-state index in [-0.39, 0.29) is 0 Å². The highest BCUT2D eigenvalue weighted by molar-refractivity contribution is 5.50. The Hall–Kier alpha value is -1.69.